The van der Waals surface area contributed by atoms with Gasteiger partial charge in [0.2, 0.25) is 0 Å². The maximum atomic E-state index is 13.9. The number of carbonyl (C=O) groups excluding carboxylic acids is 1. The molecule has 2 aliphatic rings. The Morgan fingerprint density at radius 3 is 2.48 bits per heavy atom. The first kappa shape index (κ1) is 20.9. The van der Waals surface area contributed by atoms with E-state index in [2.05, 4.69) is 30.9 Å². The molecular weight excluding hydrogens is 443 g/mol. The molecule has 0 aliphatic carbocycles. The number of fused-ring (bicyclic) bond motifs is 1. The van der Waals surface area contributed by atoms with Crippen molar-refractivity contribution in [3.8, 4) is 11.7 Å². The normalized spacial score (nSPS) is 23.0. The van der Waals surface area contributed by atoms with Gasteiger partial charge in [-0.05, 0) is 12.5 Å². The molecule has 3 aromatic rings. The Balaban J connectivity index is 1.52. The van der Waals surface area contributed by atoms with Gasteiger partial charge in [-0.2, -0.15) is 13.2 Å². The van der Waals surface area contributed by atoms with Crippen molar-refractivity contribution in [2.75, 3.05) is 0 Å². The number of allylic oxidation sites excluding steroid dienone is 1. The summed E-state index contributed by atoms with van der Waals surface area (Å²) in [5, 5.41) is 11.5. The summed E-state index contributed by atoms with van der Waals surface area (Å²) in [7, 11) is 0. The number of halogens is 3. The number of hydrogen-bond acceptors (Lipinski definition) is 8. The average molecular weight is 459 g/mol. The minimum Gasteiger partial charge on any atom is -0.413 e. The third-order valence-electron chi connectivity index (χ3n) is 5.48. The Bertz CT molecular complexity index is 1300. The van der Waals surface area contributed by atoms with Crippen LogP contribution in [0, 0.1) is 0 Å². The Hall–Kier alpha value is -4.00. The lowest BCUT2D eigenvalue weighted by atomic mass is 9.89. The average Bonchev–Trinajstić information content (AvgIpc) is 3.40. The summed E-state index contributed by atoms with van der Waals surface area (Å²) < 4.78 is 47.2. The Morgan fingerprint density at radius 1 is 1.06 bits per heavy atom. The summed E-state index contributed by atoms with van der Waals surface area (Å²) in [5.41, 5.74) is 2.47. The summed E-state index contributed by atoms with van der Waals surface area (Å²) in [6.07, 6.45) is -4.36. The van der Waals surface area contributed by atoms with E-state index in [4.69, 9.17) is 4.42 Å². The second-order valence-corrected chi connectivity index (χ2v) is 7.54. The number of alkyl halides is 3. The SMILES string of the molecule is CC1=C(c2nnc(-c3nccc(=O)[nH]3)o2)C(=O)N2NC(C(F)(F)F)C(c3ccccc3)C2N1. The summed E-state index contributed by atoms with van der Waals surface area (Å²) in [6.45, 7) is 1.54. The van der Waals surface area contributed by atoms with Crippen LogP contribution in [0.4, 0.5) is 13.2 Å². The van der Waals surface area contributed by atoms with Gasteiger partial charge in [0.25, 0.3) is 23.2 Å². The topological polar surface area (TPSA) is 129 Å². The zero-order valence-electron chi connectivity index (χ0n) is 16.9. The molecule has 0 spiro atoms. The van der Waals surface area contributed by atoms with Crippen molar-refractivity contribution in [3.63, 3.8) is 0 Å². The monoisotopic (exact) mass is 459 g/mol. The van der Waals surface area contributed by atoms with Crippen molar-refractivity contribution < 1.29 is 22.4 Å². The van der Waals surface area contributed by atoms with E-state index in [-0.39, 0.29) is 28.9 Å². The van der Waals surface area contributed by atoms with Crippen LogP contribution in [-0.4, -0.2) is 49.5 Å². The Kier molecular flexibility index (Phi) is 4.78. The minimum atomic E-state index is -4.61. The van der Waals surface area contributed by atoms with Crippen molar-refractivity contribution in [1.82, 2.24) is 35.9 Å². The van der Waals surface area contributed by atoms with Gasteiger partial charge < -0.3 is 14.7 Å². The van der Waals surface area contributed by atoms with Gasteiger partial charge in [-0.1, -0.05) is 30.3 Å². The van der Waals surface area contributed by atoms with Crippen LogP contribution in [0.3, 0.4) is 0 Å². The van der Waals surface area contributed by atoms with Crippen molar-refractivity contribution in [1.29, 1.82) is 0 Å². The number of hydrazine groups is 1. The number of benzene rings is 1. The number of carbonyl (C=O) groups is 1. The van der Waals surface area contributed by atoms with E-state index in [1.54, 1.807) is 37.3 Å². The first-order valence-electron chi connectivity index (χ1n) is 9.82. The molecule has 3 unspecified atom stereocenters. The van der Waals surface area contributed by atoms with Crippen molar-refractivity contribution >= 4 is 11.5 Å². The van der Waals surface area contributed by atoms with Gasteiger partial charge >= 0.3 is 6.18 Å². The van der Waals surface area contributed by atoms with E-state index in [0.29, 0.717) is 5.56 Å². The molecule has 4 heterocycles. The summed E-state index contributed by atoms with van der Waals surface area (Å²) in [6, 6.07) is 7.38. The molecule has 1 aromatic carbocycles. The third kappa shape index (κ3) is 3.55. The molecule has 3 atom stereocenters. The Labute approximate surface area is 183 Å². The van der Waals surface area contributed by atoms with Gasteiger partial charge in [0.1, 0.15) is 17.8 Å². The lowest BCUT2D eigenvalue weighted by Gasteiger charge is -2.34. The molecule has 2 aliphatic heterocycles. The van der Waals surface area contributed by atoms with Crippen LogP contribution in [0.5, 0.6) is 0 Å². The number of nitrogens with zero attached hydrogens (tertiary/aromatic N) is 4. The standard InChI is InChI=1S/C20H16F3N7O3/c1-9-12(17-27-28-18(33-17)15-24-8-7-11(31)26-15)19(32)30-16(25-9)13(10-5-3-2-4-6-10)14(29-30)20(21,22)23/h2-8,13-14,16,25,29H,1H3,(H,24,26,31). The zero-order chi connectivity index (χ0) is 23.3. The second kappa shape index (κ2) is 7.55. The second-order valence-electron chi connectivity index (χ2n) is 7.54. The predicted molar refractivity (Wildman–Crippen MR) is 107 cm³/mol. The highest BCUT2D eigenvalue weighted by Crippen LogP contribution is 2.42. The molecular formula is C20H16F3N7O3. The van der Waals surface area contributed by atoms with Crippen LogP contribution < -0.4 is 16.3 Å². The predicted octanol–water partition coefficient (Wildman–Crippen LogP) is 1.54. The van der Waals surface area contributed by atoms with Gasteiger partial charge in [0.15, 0.2) is 5.82 Å². The van der Waals surface area contributed by atoms with Gasteiger partial charge in [-0.25, -0.2) is 15.4 Å². The number of hydrogen-bond donors (Lipinski definition) is 3. The van der Waals surface area contributed by atoms with Crippen LogP contribution in [0.2, 0.25) is 0 Å². The molecule has 13 heteroatoms. The van der Waals surface area contributed by atoms with Crippen LogP contribution in [-0.2, 0) is 4.79 Å². The van der Waals surface area contributed by atoms with E-state index < -0.39 is 35.8 Å². The smallest absolute Gasteiger partial charge is 0.406 e. The van der Waals surface area contributed by atoms with E-state index >= 15 is 0 Å². The lowest BCUT2D eigenvalue weighted by Crippen LogP contribution is -2.54. The fourth-order valence-electron chi connectivity index (χ4n) is 4.04. The maximum absolute atomic E-state index is 13.9. The van der Waals surface area contributed by atoms with Gasteiger partial charge in [0.05, 0.1) is 5.92 Å². The molecule has 5 rings (SSSR count). The van der Waals surface area contributed by atoms with Crippen molar-refractivity contribution in [2.45, 2.75) is 31.2 Å². The van der Waals surface area contributed by atoms with E-state index in [1.807, 2.05) is 0 Å². The van der Waals surface area contributed by atoms with Crippen LogP contribution >= 0.6 is 0 Å². The third-order valence-corrected chi connectivity index (χ3v) is 5.48. The first-order chi connectivity index (χ1) is 15.7. The molecule has 2 aromatic heterocycles. The highest BCUT2D eigenvalue weighted by molar-refractivity contribution is 6.19. The Morgan fingerprint density at radius 2 is 1.79 bits per heavy atom. The largest absolute Gasteiger partial charge is 0.413 e. The highest BCUT2D eigenvalue weighted by Gasteiger charge is 2.58. The number of H-pyrrole nitrogens is 1. The van der Waals surface area contributed by atoms with Crippen LogP contribution in [0.25, 0.3) is 17.3 Å². The fourth-order valence-corrected chi connectivity index (χ4v) is 4.04. The molecule has 1 fully saturated rings. The molecule has 1 amide bonds. The summed E-state index contributed by atoms with van der Waals surface area (Å²) in [5.74, 6) is -2.23. The lowest BCUT2D eigenvalue weighted by molar-refractivity contribution is -0.161. The molecule has 0 radical (unpaired) electrons. The minimum absolute atomic E-state index is 0.00540. The number of aromatic nitrogens is 4. The van der Waals surface area contributed by atoms with E-state index in [9.17, 15) is 22.8 Å². The van der Waals surface area contributed by atoms with E-state index in [1.165, 1.54) is 12.3 Å². The molecule has 170 valence electrons. The maximum Gasteiger partial charge on any atom is 0.406 e. The van der Waals surface area contributed by atoms with E-state index in [0.717, 1.165) is 5.01 Å². The van der Waals surface area contributed by atoms with Gasteiger partial charge in [0, 0.05) is 18.0 Å². The molecule has 10 nitrogen and oxygen atoms in total. The quantitative estimate of drug-likeness (QED) is 0.538. The number of nitrogens with one attached hydrogen (secondary N) is 3. The number of rotatable bonds is 3. The zero-order valence-corrected chi connectivity index (χ0v) is 16.9. The number of amides is 1. The molecule has 3 N–H and O–H groups in total. The van der Waals surface area contributed by atoms with Gasteiger partial charge in [-0.3, -0.25) is 9.59 Å². The first-order valence-corrected chi connectivity index (χ1v) is 9.82. The van der Waals surface area contributed by atoms with Crippen molar-refractivity contribution in [2.24, 2.45) is 0 Å². The molecule has 0 bridgehead atoms. The molecule has 1 saturated heterocycles. The van der Waals surface area contributed by atoms with Crippen LogP contribution in [0.15, 0.2) is 57.5 Å². The van der Waals surface area contributed by atoms with Gasteiger partial charge in [-0.15, -0.1) is 10.2 Å². The summed E-state index contributed by atoms with van der Waals surface area (Å²) in [4.78, 5) is 31.1. The fraction of sp³-hybridized carbons (Fsp3) is 0.250. The van der Waals surface area contributed by atoms with Crippen LogP contribution in [0.1, 0.15) is 24.3 Å². The molecule has 33 heavy (non-hydrogen) atoms. The summed E-state index contributed by atoms with van der Waals surface area (Å²) >= 11 is 0. The van der Waals surface area contributed by atoms with Crippen molar-refractivity contribution in [3.05, 3.63) is 70.1 Å². The number of aromatic amines is 1. The highest BCUT2D eigenvalue weighted by atomic mass is 19.4. The molecule has 0 saturated carbocycles.